The van der Waals surface area contributed by atoms with Crippen molar-refractivity contribution in [2.45, 2.75) is 89.3 Å². The summed E-state index contributed by atoms with van der Waals surface area (Å²) in [7, 11) is 0. The van der Waals surface area contributed by atoms with Crippen molar-refractivity contribution in [1.29, 1.82) is 0 Å². The number of hydrogen-bond donors (Lipinski definition) is 1. The van der Waals surface area contributed by atoms with Crippen LogP contribution in [0.4, 0.5) is 0 Å². The summed E-state index contributed by atoms with van der Waals surface area (Å²) >= 11 is 0. The van der Waals surface area contributed by atoms with Crippen molar-refractivity contribution in [1.82, 2.24) is 5.32 Å². The molecule has 0 radical (unpaired) electrons. The molecule has 2 heterocycles. The monoisotopic (exact) mass is 481 g/mol. The summed E-state index contributed by atoms with van der Waals surface area (Å²) in [5, 5.41) is 3.70. The van der Waals surface area contributed by atoms with Crippen LogP contribution in [0.3, 0.4) is 0 Å². The number of ether oxygens (including phenoxy) is 5. The lowest BCUT2D eigenvalue weighted by atomic mass is 9.95. The van der Waals surface area contributed by atoms with Gasteiger partial charge in [-0.05, 0) is 45.2 Å². The Bertz CT molecular complexity index is 933. The quantitative estimate of drug-likeness (QED) is 0.457. The van der Waals surface area contributed by atoms with Gasteiger partial charge in [0.05, 0.1) is 13.2 Å². The molecule has 0 amide bonds. The fourth-order valence-electron chi connectivity index (χ4n) is 4.80. The zero-order valence-electron chi connectivity index (χ0n) is 21.3. The average molecular weight is 482 g/mol. The molecule has 0 saturated carbocycles. The molecule has 0 aromatic heterocycles. The first-order chi connectivity index (χ1) is 16.8. The first kappa shape index (κ1) is 26.0. The van der Waals surface area contributed by atoms with Crippen molar-refractivity contribution in [3.8, 4) is 0 Å². The van der Waals surface area contributed by atoms with E-state index in [1.807, 2.05) is 58.0 Å². The molecule has 0 aliphatic carbocycles. The minimum atomic E-state index is -0.766. The largest absolute Gasteiger partial charge is 0.369 e. The Kier molecular flexibility index (Phi) is 8.42. The van der Waals surface area contributed by atoms with E-state index in [4.69, 9.17) is 23.7 Å². The summed E-state index contributed by atoms with van der Waals surface area (Å²) in [5.74, 6) is -1.42. The van der Waals surface area contributed by atoms with Crippen LogP contribution in [0.1, 0.15) is 45.2 Å². The zero-order valence-corrected chi connectivity index (χ0v) is 21.3. The minimum Gasteiger partial charge on any atom is -0.369 e. The Hall–Kier alpha value is -2.06. The second-order valence-electron chi connectivity index (χ2n) is 10.2. The van der Waals surface area contributed by atoms with Crippen molar-refractivity contribution in [3.63, 3.8) is 0 Å². The van der Waals surface area contributed by atoms with E-state index in [0.29, 0.717) is 26.2 Å². The Labute approximate surface area is 209 Å². The average Bonchev–Trinajstić information content (AvgIpc) is 3.36. The van der Waals surface area contributed by atoms with E-state index in [-0.39, 0.29) is 30.5 Å². The van der Waals surface area contributed by atoms with E-state index in [2.05, 4.69) is 48.3 Å². The molecule has 190 valence electrons. The predicted molar refractivity (Wildman–Crippen MR) is 136 cm³/mol. The number of hydrogen-bond acceptors (Lipinski definition) is 6. The van der Waals surface area contributed by atoms with Gasteiger partial charge in [0.1, 0.15) is 24.4 Å². The molecule has 2 fully saturated rings. The predicted octanol–water partition coefficient (Wildman–Crippen LogP) is 4.98. The molecular weight excluding hydrogens is 442 g/mol. The molecule has 2 aliphatic heterocycles. The third kappa shape index (κ3) is 7.00. The van der Waals surface area contributed by atoms with E-state index in [0.717, 1.165) is 5.56 Å². The lowest BCUT2D eigenvalue weighted by Crippen LogP contribution is -2.53. The van der Waals surface area contributed by atoms with E-state index in [1.54, 1.807) is 0 Å². The summed E-state index contributed by atoms with van der Waals surface area (Å²) in [6.45, 7) is 13.4. The second kappa shape index (κ2) is 11.3. The molecule has 0 unspecified atom stereocenters. The van der Waals surface area contributed by atoms with Gasteiger partial charge in [0.2, 0.25) is 0 Å². The van der Waals surface area contributed by atoms with Gasteiger partial charge >= 0.3 is 0 Å². The number of benzene rings is 2. The van der Waals surface area contributed by atoms with Gasteiger partial charge in [0.15, 0.2) is 11.6 Å². The maximum atomic E-state index is 6.64. The molecule has 4 rings (SSSR count). The molecule has 2 saturated heterocycles. The molecule has 0 bridgehead atoms. The Morgan fingerprint density at radius 2 is 1.60 bits per heavy atom. The Morgan fingerprint density at radius 3 is 2.20 bits per heavy atom. The van der Waals surface area contributed by atoms with Gasteiger partial charge in [-0.25, -0.2) is 0 Å². The van der Waals surface area contributed by atoms with Crippen molar-refractivity contribution in [2.24, 2.45) is 0 Å². The molecular formula is C29H39NO5. The van der Waals surface area contributed by atoms with Crippen LogP contribution in [0.5, 0.6) is 0 Å². The lowest BCUT2D eigenvalue weighted by Gasteiger charge is -2.35. The maximum Gasteiger partial charge on any atom is 0.164 e. The summed E-state index contributed by atoms with van der Waals surface area (Å²) in [4.78, 5) is 0. The van der Waals surface area contributed by atoms with Crippen molar-refractivity contribution >= 4 is 0 Å². The van der Waals surface area contributed by atoms with Gasteiger partial charge in [-0.3, -0.25) is 0 Å². The van der Waals surface area contributed by atoms with Crippen LogP contribution in [0.2, 0.25) is 0 Å². The first-order valence-corrected chi connectivity index (χ1v) is 12.5. The number of nitrogens with one attached hydrogen (secondary N) is 1. The fourth-order valence-corrected chi connectivity index (χ4v) is 4.80. The Balaban J connectivity index is 1.59. The van der Waals surface area contributed by atoms with E-state index in [9.17, 15) is 0 Å². The van der Waals surface area contributed by atoms with Gasteiger partial charge in [-0.15, -0.1) is 6.58 Å². The molecule has 5 atom stereocenters. The van der Waals surface area contributed by atoms with Gasteiger partial charge in [0, 0.05) is 12.6 Å². The smallest absolute Gasteiger partial charge is 0.164 e. The lowest BCUT2D eigenvalue weighted by molar-refractivity contribution is -0.176. The third-order valence-electron chi connectivity index (χ3n) is 6.40. The maximum absolute atomic E-state index is 6.64. The van der Waals surface area contributed by atoms with Crippen LogP contribution in [0, 0.1) is 0 Å². The van der Waals surface area contributed by atoms with Crippen LogP contribution in [0.15, 0.2) is 73.3 Å². The highest BCUT2D eigenvalue weighted by atomic mass is 16.8. The van der Waals surface area contributed by atoms with E-state index < -0.39 is 11.6 Å². The molecule has 2 aliphatic rings. The zero-order chi connectivity index (χ0) is 24.9. The molecule has 35 heavy (non-hydrogen) atoms. The summed E-state index contributed by atoms with van der Waals surface area (Å²) in [5.41, 5.74) is 2.31. The minimum absolute atomic E-state index is 0.0447. The highest BCUT2D eigenvalue weighted by Gasteiger charge is 2.53. The number of rotatable bonds is 11. The first-order valence-electron chi connectivity index (χ1n) is 12.5. The summed E-state index contributed by atoms with van der Waals surface area (Å²) in [6, 6.07) is 20.5. The van der Waals surface area contributed by atoms with Gasteiger partial charge in [-0.2, -0.15) is 0 Å². The highest BCUT2D eigenvalue weighted by Crippen LogP contribution is 2.38. The van der Waals surface area contributed by atoms with Crippen LogP contribution in [-0.4, -0.2) is 48.6 Å². The normalized spacial score (nSPS) is 26.9. The van der Waals surface area contributed by atoms with Crippen LogP contribution >= 0.6 is 0 Å². The van der Waals surface area contributed by atoms with Gasteiger partial charge in [-0.1, -0.05) is 66.7 Å². The third-order valence-corrected chi connectivity index (χ3v) is 6.40. The Morgan fingerprint density at radius 1 is 0.943 bits per heavy atom. The van der Waals surface area contributed by atoms with Gasteiger partial charge in [0.25, 0.3) is 0 Å². The molecule has 2 aromatic carbocycles. The highest BCUT2D eigenvalue weighted by molar-refractivity contribution is 5.15. The molecule has 0 spiro atoms. The molecule has 1 N–H and O–H groups in total. The molecule has 2 aromatic rings. The van der Waals surface area contributed by atoms with Crippen molar-refractivity contribution in [2.75, 3.05) is 6.61 Å². The van der Waals surface area contributed by atoms with Gasteiger partial charge < -0.3 is 29.0 Å². The van der Waals surface area contributed by atoms with E-state index in [1.165, 1.54) is 5.56 Å². The molecule has 6 heteroatoms. The summed E-state index contributed by atoms with van der Waals surface area (Å²) in [6.07, 6.45) is 1.39. The second-order valence-corrected chi connectivity index (χ2v) is 10.2. The fraction of sp³-hybridized carbons (Fsp3) is 0.517. The van der Waals surface area contributed by atoms with Crippen LogP contribution in [0.25, 0.3) is 0 Å². The standard InChI is InChI=1S/C29H39NO5/c1-6-13-23(30-18-21-14-9-7-10-15-21)25(31-19-22-16-11-8-12-17-22)27-26(34-29(4,5)35-27)24-20-32-28(2,3)33-24/h6-12,14-17,23-27,30H,1,13,18-20H2,2-5H3/t23-,24+,25-,26+,27+/m0/s1. The SMILES string of the molecule is C=CC[C@H](NCc1ccccc1)[C@H](OCc1ccccc1)[C@H]1OC(C)(C)O[C@@H]1[C@H]1COC(C)(C)O1. The van der Waals surface area contributed by atoms with Crippen molar-refractivity contribution in [3.05, 3.63) is 84.4 Å². The van der Waals surface area contributed by atoms with Crippen LogP contribution < -0.4 is 5.32 Å². The van der Waals surface area contributed by atoms with Crippen LogP contribution in [-0.2, 0) is 36.8 Å². The topological polar surface area (TPSA) is 58.2 Å². The summed E-state index contributed by atoms with van der Waals surface area (Å²) < 4.78 is 31.6. The van der Waals surface area contributed by atoms with Crippen molar-refractivity contribution < 1.29 is 23.7 Å². The molecule has 6 nitrogen and oxygen atoms in total. The van der Waals surface area contributed by atoms with E-state index >= 15 is 0 Å².